The fourth-order valence-corrected chi connectivity index (χ4v) is 2.87. The highest BCUT2D eigenvalue weighted by atomic mass is 16.5. The van der Waals surface area contributed by atoms with E-state index in [-0.39, 0.29) is 0 Å². The molecule has 0 N–H and O–H groups in total. The third kappa shape index (κ3) is 4.41. The highest BCUT2D eigenvalue weighted by Crippen LogP contribution is 2.30. The Labute approximate surface area is 138 Å². The lowest BCUT2D eigenvalue weighted by molar-refractivity contribution is 0.209. The first-order valence-electron chi connectivity index (χ1n) is 8.63. The normalized spacial score (nSPS) is 14.9. The van der Waals surface area contributed by atoms with Crippen molar-refractivity contribution in [2.24, 2.45) is 5.92 Å². The van der Waals surface area contributed by atoms with E-state index in [0.717, 1.165) is 31.2 Å². The maximum atomic E-state index is 5.45. The third-order valence-corrected chi connectivity index (χ3v) is 4.46. The summed E-state index contributed by atoms with van der Waals surface area (Å²) >= 11 is 0. The minimum Gasteiger partial charge on any atom is -0.338 e. The van der Waals surface area contributed by atoms with Crippen molar-refractivity contribution in [1.29, 1.82) is 0 Å². The quantitative estimate of drug-likeness (QED) is 0.773. The molecule has 0 bridgehead atoms. The van der Waals surface area contributed by atoms with Crippen LogP contribution in [0.2, 0.25) is 0 Å². The largest absolute Gasteiger partial charge is 0.338 e. The lowest BCUT2D eigenvalue weighted by Crippen LogP contribution is -2.25. The van der Waals surface area contributed by atoms with Crippen molar-refractivity contribution in [2.75, 3.05) is 0 Å². The van der Waals surface area contributed by atoms with Crippen molar-refractivity contribution >= 4 is 0 Å². The topological polar surface area (TPSA) is 42.2 Å². The second kappa shape index (κ2) is 6.83. The van der Waals surface area contributed by atoms with Crippen LogP contribution in [-0.4, -0.2) is 21.1 Å². The standard InChI is InChI=1S/C19H27N3O/c1-13(2)9-18-20-19(23-21-18)12-22(17-7-8-17)11-16-6-5-14(3)15(4)10-16/h5-6,10,13,17H,7-9,11-12H2,1-4H3. The molecule has 2 aromatic rings. The van der Waals surface area contributed by atoms with Gasteiger partial charge in [0.25, 0.3) is 0 Å². The SMILES string of the molecule is Cc1ccc(CN(Cc2nc(CC(C)C)no2)C2CC2)cc1C. The van der Waals surface area contributed by atoms with Crippen LogP contribution in [0.5, 0.6) is 0 Å². The van der Waals surface area contributed by atoms with E-state index >= 15 is 0 Å². The summed E-state index contributed by atoms with van der Waals surface area (Å²) in [4.78, 5) is 7.02. The first-order valence-corrected chi connectivity index (χ1v) is 8.63. The Balaban J connectivity index is 1.67. The minimum absolute atomic E-state index is 0.551. The molecule has 4 heteroatoms. The summed E-state index contributed by atoms with van der Waals surface area (Å²) < 4.78 is 5.45. The molecule has 3 rings (SSSR count). The zero-order chi connectivity index (χ0) is 16.4. The van der Waals surface area contributed by atoms with Gasteiger partial charge in [0.2, 0.25) is 5.89 Å². The number of rotatable bonds is 7. The summed E-state index contributed by atoms with van der Waals surface area (Å²) in [7, 11) is 0. The third-order valence-electron chi connectivity index (χ3n) is 4.46. The summed E-state index contributed by atoms with van der Waals surface area (Å²) in [5, 5.41) is 4.11. The molecule has 1 aromatic carbocycles. The first kappa shape index (κ1) is 16.2. The van der Waals surface area contributed by atoms with Gasteiger partial charge in [-0.2, -0.15) is 4.98 Å². The molecule has 1 aliphatic carbocycles. The molecule has 0 unspecified atom stereocenters. The zero-order valence-electron chi connectivity index (χ0n) is 14.7. The van der Waals surface area contributed by atoms with Gasteiger partial charge in [0.05, 0.1) is 6.54 Å². The van der Waals surface area contributed by atoms with Crippen molar-refractivity contribution in [3.05, 3.63) is 46.6 Å². The Morgan fingerprint density at radius 1 is 1.17 bits per heavy atom. The molecule has 0 amide bonds. The summed E-state index contributed by atoms with van der Waals surface area (Å²) in [5.74, 6) is 2.13. The minimum atomic E-state index is 0.551. The zero-order valence-corrected chi connectivity index (χ0v) is 14.7. The number of benzene rings is 1. The van der Waals surface area contributed by atoms with Crippen molar-refractivity contribution in [1.82, 2.24) is 15.0 Å². The average molecular weight is 313 g/mol. The van der Waals surface area contributed by atoms with E-state index < -0.39 is 0 Å². The van der Waals surface area contributed by atoms with Gasteiger partial charge in [-0.25, -0.2) is 0 Å². The Kier molecular flexibility index (Phi) is 4.81. The number of aromatic nitrogens is 2. The molecule has 1 aliphatic rings. The van der Waals surface area contributed by atoms with Gasteiger partial charge in [-0.3, -0.25) is 4.90 Å². The molecular weight excluding hydrogens is 286 g/mol. The fraction of sp³-hybridized carbons (Fsp3) is 0.579. The van der Waals surface area contributed by atoms with Crippen LogP contribution in [0.1, 0.15) is 55.1 Å². The summed E-state index contributed by atoms with van der Waals surface area (Å²) in [6.07, 6.45) is 3.43. The summed E-state index contributed by atoms with van der Waals surface area (Å²) in [5.41, 5.74) is 4.07. The van der Waals surface area contributed by atoms with Gasteiger partial charge >= 0.3 is 0 Å². The van der Waals surface area contributed by atoms with Crippen molar-refractivity contribution in [3.8, 4) is 0 Å². The van der Waals surface area contributed by atoms with Crippen LogP contribution in [-0.2, 0) is 19.5 Å². The smallest absolute Gasteiger partial charge is 0.240 e. The van der Waals surface area contributed by atoms with Gasteiger partial charge in [-0.1, -0.05) is 37.2 Å². The average Bonchev–Trinajstić information content (AvgIpc) is 3.24. The van der Waals surface area contributed by atoms with Gasteiger partial charge in [0, 0.05) is 19.0 Å². The van der Waals surface area contributed by atoms with Gasteiger partial charge in [-0.05, 0) is 49.3 Å². The summed E-state index contributed by atoms with van der Waals surface area (Å²) in [6, 6.07) is 7.40. The Morgan fingerprint density at radius 3 is 2.61 bits per heavy atom. The number of nitrogens with zero attached hydrogens (tertiary/aromatic N) is 3. The molecule has 1 saturated carbocycles. The maximum Gasteiger partial charge on any atom is 0.240 e. The molecule has 1 heterocycles. The lowest BCUT2D eigenvalue weighted by atomic mass is 10.1. The molecule has 1 aromatic heterocycles. The van der Waals surface area contributed by atoms with Gasteiger partial charge in [-0.15, -0.1) is 0 Å². The second-order valence-corrected chi connectivity index (χ2v) is 7.26. The molecule has 1 fully saturated rings. The molecule has 0 atom stereocenters. The Hall–Kier alpha value is -1.68. The lowest BCUT2D eigenvalue weighted by Gasteiger charge is -2.20. The molecule has 4 nitrogen and oxygen atoms in total. The van der Waals surface area contributed by atoms with Crippen LogP contribution in [0.15, 0.2) is 22.7 Å². The van der Waals surface area contributed by atoms with Crippen LogP contribution < -0.4 is 0 Å². The monoisotopic (exact) mass is 313 g/mol. The number of hydrogen-bond donors (Lipinski definition) is 0. The van der Waals surface area contributed by atoms with E-state index in [0.29, 0.717) is 12.0 Å². The van der Waals surface area contributed by atoms with Crippen molar-refractivity contribution in [3.63, 3.8) is 0 Å². The molecule has 124 valence electrons. The number of aryl methyl sites for hydroxylation is 2. The molecule has 0 aliphatic heterocycles. The van der Waals surface area contributed by atoms with E-state index in [4.69, 9.17) is 4.52 Å². The Bertz CT molecular complexity index is 658. The van der Waals surface area contributed by atoms with E-state index in [2.05, 4.69) is 60.9 Å². The van der Waals surface area contributed by atoms with Crippen LogP contribution in [0.3, 0.4) is 0 Å². The highest BCUT2D eigenvalue weighted by Gasteiger charge is 2.30. The van der Waals surface area contributed by atoms with Crippen LogP contribution >= 0.6 is 0 Å². The summed E-state index contributed by atoms with van der Waals surface area (Å²) in [6.45, 7) is 10.4. The van der Waals surface area contributed by atoms with Crippen LogP contribution in [0.4, 0.5) is 0 Å². The van der Waals surface area contributed by atoms with E-state index in [1.54, 1.807) is 0 Å². The van der Waals surface area contributed by atoms with Gasteiger partial charge in [0.1, 0.15) is 0 Å². The molecule has 0 spiro atoms. The molecule has 0 radical (unpaired) electrons. The highest BCUT2D eigenvalue weighted by molar-refractivity contribution is 5.30. The van der Waals surface area contributed by atoms with Crippen molar-refractivity contribution in [2.45, 2.75) is 66.1 Å². The molecule has 0 saturated heterocycles. The van der Waals surface area contributed by atoms with Crippen LogP contribution in [0.25, 0.3) is 0 Å². The molecule has 23 heavy (non-hydrogen) atoms. The fourth-order valence-electron chi connectivity index (χ4n) is 2.87. The van der Waals surface area contributed by atoms with Gasteiger partial charge in [0.15, 0.2) is 5.82 Å². The van der Waals surface area contributed by atoms with Crippen LogP contribution in [0, 0.1) is 19.8 Å². The maximum absolute atomic E-state index is 5.45. The number of hydrogen-bond acceptors (Lipinski definition) is 4. The van der Waals surface area contributed by atoms with Gasteiger partial charge < -0.3 is 4.52 Å². The van der Waals surface area contributed by atoms with E-state index in [1.165, 1.54) is 29.5 Å². The Morgan fingerprint density at radius 2 is 1.96 bits per heavy atom. The first-order chi connectivity index (χ1) is 11.0. The predicted molar refractivity (Wildman–Crippen MR) is 91.0 cm³/mol. The second-order valence-electron chi connectivity index (χ2n) is 7.26. The predicted octanol–water partition coefficient (Wildman–Crippen LogP) is 4.05. The van der Waals surface area contributed by atoms with E-state index in [1.807, 2.05) is 0 Å². The molecular formula is C19H27N3O. The van der Waals surface area contributed by atoms with Crippen molar-refractivity contribution < 1.29 is 4.52 Å². The van der Waals surface area contributed by atoms with E-state index in [9.17, 15) is 0 Å².